The van der Waals surface area contributed by atoms with E-state index in [0.29, 0.717) is 31.1 Å². The van der Waals surface area contributed by atoms with Crippen molar-refractivity contribution in [3.63, 3.8) is 0 Å². The number of carbonyl (C=O) groups is 1. The lowest BCUT2D eigenvalue weighted by Crippen LogP contribution is -2.61. The zero-order valence-electron chi connectivity index (χ0n) is 28.6. The Kier molecular flexibility index (Phi) is 9.52. The normalized spacial score (nSPS) is 49.2. The average molecular weight is 703 g/mol. The number of aliphatic hydroxyl groups excluding tert-OH is 3. The molecule has 6 rings (SSSR count). The molecule has 2 saturated heterocycles. The Morgan fingerprint density at radius 3 is 2.33 bits per heavy atom. The van der Waals surface area contributed by atoms with Gasteiger partial charge in [0.2, 0.25) is 0 Å². The molecule has 0 spiro atoms. The van der Waals surface area contributed by atoms with Gasteiger partial charge >= 0.3 is 16.4 Å². The molecule has 0 bridgehead atoms. The number of ether oxygens (including phenoxy) is 3. The van der Waals surface area contributed by atoms with Crippen molar-refractivity contribution in [2.45, 2.75) is 147 Å². The van der Waals surface area contributed by atoms with E-state index in [1.54, 1.807) is 0 Å². The van der Waals surface area contributed by atoms with E-state index in [-0.39, 0.29) is 41.8 Å². The van der Waals surface area contributed by atoms with Crippen molar-refractivity contribution in [3.8, 4) is 0 Å². The Hall–Kier alpha value is -1.20. The Balaban J connectivity index is 1.24. The van der Waals surface area contributed by atoms with Crippen molar-refractivity contribution in [3.05, 3.63) is 11.6 Å². The Labute approximate surface area is 282 Å². The van der Waals surface area contributed by atoms with Gasteiger partial charge in [-0.25, -0.2) is 8.98 Å². The molecular formula is C34H54O13S. The molecule has 0 aromatic carbocycles. The van der Waals surface area contributed by atoms with Gasteiger partial charge in [-0.1, -0.05) is 46.3 Å². The number of allylic oxidation sites excluding steroid dienone is 2. The fraction of sp³-hybridized carbons (Fsp3) is 0.912. The molecule has 3 saturated carbocycles. The van der Waals surface area contributed by atoms with Crippen molar-refractivity contribution < 1.29 is 61.7 Å². The fourth-order valence-electron chi connectivity index (χ4n) is 10.8. The SMILES string of the molecule is CC(C)[C@H](C)[C@@H]1O[C@H]1[C@](C)(O)[C@H]1CCC2C3C[C@H](OS(=O)(=O)O)C4CC(O[C@@H]5O[C@H](C(=O)O)[C@@H](O)[C@H](O)[C@H]5O)CC[C@]4(C)C3=CC[C@@]21C. The van der Waals surface area contributed by atoms with E-state index in [2.05, 4.69) is 40.7 Å². The lowest BCUT2D eigenvalue weighted by molar-refractivity contribution is -0.309. The van der Waals surface area contributed by atoms with Crippen molar-refractivity contribution in [1.82, 2.24) is 0 Å². The summed E-state index contributed by atoms with van der Waals surface area (Å²) in [6.45, 7) is 12.7. The summed E-state index contributed by atoms with van der Waals surface area (Å²) in [7, 11) is -4.83. The summed E-state index contributed by atoms with van der Waals surface area (Å²) in [6.07, 6.45) is -4.09. The number of rotatable bonds is 9. The molecule has 13 nitrogen and oxygen atoms in total. The first kappa shape index (κ1) is 36.6. The number of aliphatic hydroxyl groups is 4. The van der Waals surface area contributed by atoms with Crippen LogP contribution in [-0.2, 0) is 33.6 Å². The van der Waals surface area contributed by atoms with Crippen LogP contribution >= 0.6 is 0 Å². The van der Waals surface area contributed by atoms with Crippen LogP contribution in [0, 0.1) is 46.3 Å². The van der Waals surface area contributed by atoms with Gasteiger partial charge in [-0.05, 0) is 98.2 Å². The number of hydrogen-bond acceptors (Lipinski definition) is 11. The summed E-state index contributed by atoms with van der Waals surface area (Å²) in [4.78, 5) is 11.6. The summed E-state index contributed by atoms with van der Waals surface area (Å²) in [5.41, 5.74) is -0.570. The highest BCUT2D eigenvalue weighted by Crippen LogP contribution is 2.68. The van der Waals surface area contributed by atoms with Crippen LogP contribution < -0.4 is 0 Å². The fourth-order valence-corrected chi connectivity index (χ4v) is 11.3. The molecule has 48 heavy (non-hydrogen) atoms. The Morgan fingerprint density at radius 2 is 1.71 bits per heavy atom. The number of epoxide rings is 1. The Morgan fingerprint density at radius 1 is 1.02 bits per heavy atom. The van der Waals surface area contributed by atoms with E-state index < -0.39 is 76.2 Å². The summed E-state index contributed by atoms with van der Waals surface area (Å²) in [6, 6.07) is 0. The van der Waals surface area contributed by atoms with E-state index in [0.717, 1.165) is 19.3 Å². The number of fused-ring (bicyclic) bond motifs is 5. The molecule has 274 valence electrons. The first-order chi connectivity index (χ1) is 22.2. The van der Waals surface area contributed by atoms with Gasteiger partial charge in [0.15, 0.2) is 12.4 Å². The maximum absolute atomic E-state index is 12.2. The summed E-state index contributed by atoms with van der Waals surface area (Å²) in [5.74, 6) is -1.09. The van der Waals surface area contributed by atoms with Crippen molar-refractivity contribution in [2.24, 2.45) is 46.3 Å². The van der Waals surface area contributed by atoms with Crippen LogP contribution in [0.2, 0.25) is 0 Å². The minimum absolute atomic E-state index is 0.0140. The molecule has 14 heteroatoms. The number of hydrogen-bond donors (Lipinski definition) is 6. The monoisotopic (exact) mass is 702 g/mol. The van der Waals surface area contributed by atoms with E-state index in [1.165, 1.54) is 5.57 Å². The molecule has 0 radical (unpaired) electrons. The van der Waals surface area contributed by atoms with E-state index in [4.69, 9.17) is 18.4 Å². The van der Waals surface area contributed by atoms with E-state index in [9.17, 15) is 43.3 Å². The molecule has 17 atom stereocenters. The highest BCUT2D eigenvalue weighted by atomic mass is 32.3. The van der Waals surface area contributed by atoms with Gasteiger partial charge < -0.3 is 39.7 Å². The topological polar surface area (TPSA) is 213 Å². The van der Waals surface area contributed by atoms with Gasteiger partial charge in [0.1, 0.15) is 24.4 Å². The molecule has 0 aromatic rings. The zero-order valence-corrected chi connectivity index (χ0v) is 29.5. The van der Waals surface area contributed by atoms with Gasteiger partial charge in [0, 0.05) is 0 Å². The zero-order chi connectivity index (χ0) is 35.3. The quantitative estimate of drug-likeness (QED) is 0.0883. The largest absolute Gasteiger partial charge is 0.479 e. The van der Waals surface area contributed by atoms with Gasteiger partial charge in [-0.2, -0.15) is 8.42 Å². The van der Waals surface area contributed by atoms with Crippen LogP contribution in [0.3, 0.4) is 0 Å². The highest BCUT2D eigenvalue weighted by Gasteiger charge is 2.66. The van der Waals surface area contributed by atoms with Gasteiger partial charge in [-0.15, -0.1) is 0 Å². The number of carboxylic acid groups (broad SMARTS) is 1. The minimum atomic E-state index is -4.83. The van der Waals surface area contributed by atoms with E-state index >= 15 is 0 Å². The maximum Gasteiger partial charge on any atom is 0.397 e. The highest BCUT2D eigenvalue weighted by molar-refractivity contribution is 7.80. The van der Waals surface area contributed by atoms with Gasteiger partial charge in [0.05, 0.1) is 23.9 Å². The predicted octanol–water partition coefficient (Wildman–Crippen LogP) is 2.45. The Bertz CT molecular complexity index is 1380. The first-order valence-electron chi connectivity index (χ1n) is 17.5. The number of aliphatic carboxylic acids is 1. The second-order valence-electron chi connectivity index (χ2n) is 16.7. The van der Waals surface area contributed by atoms with Gasteiger partial charge in [0.25, 0.3) is 0 Å². The molecule has 2 aliphatic heterocycles. The molecule has 4 aliphatic carbocycles. The smallest absolute Gasteiger partial charge is 0.397 e. The van der Waals surface area contributed by atoms with Crippen LogP contribution in [0.15, 0.2) is 11.6 Å². The molecule has 2 heterocycles. The van der Waals surface area contributed by atoms with Crippen molar-refractivity contribution in [2.75, 3.05) is 0 Å². The molecule has 5 fully saturated rings. The third kappa shape index (κ3) is 6.09. The first-order valence-corrected chi connectivity index (χ1v) is 18.9. The molecule has 0 aromatic heterocycles. The second kappa shape index (κ2) is 12.5. The van der Waals surface area contributed by atoms with Crippen LogP contribution in [0.5, 0.6) is 0 Å². The van der Waals surface area contributed by atoms with E-state index in [1.807, 2.05) is 6.92 Å². The minimum Gasteiger partial charge on any atom is -0.479 e. The van der Waals surface area contributed by atoms with Crippen molar-refractivity contribution >= 4 is 16.4 Å². The second-order valence-corrected chi connectivity index (χ2v) is 17.7. The molecule has 4 unspecified atom stereocenters. The predicted molar refractivity (Wildman–Crippen MR) is 169 cm³/mol. The molecule has 6 aliphatic rings. The van der Waals surface area contributed by atoms with Crippen LogP contribution in [0.1, 0.15) is 86.5 Å². The molecule has 0 amide bonds. The lowest BCUT2D eigenvalue weighted by Gasteiger charge is -2.59. The average Bonchev–Trinajstić information content (AvgIpc) is 3.72. The third-order valence-corrected chi connectivity index (χ3v) is 14.2. The number of carboxylic acids is 1. The van der Waals surface area contributed by atoms with Crippen LogP contribution in [0.4, 0.5) is 0 Å². The maximum atomic E-state index is 12.2. The lowest BCUT2D eigenvalue weighted by atomic mass is 9.47. The van der Waals surface area contributed by atoms with Crippen molar-refractivity contribution in [1.29, 1.82) is 0 Å². The van der Waals surface area contributed by atoms with Crippen LogP contribution in [-0.4, -0.2) is 105 Å². The van der Waals surface area contributed by atoms with Gasteiger partial charge in [-0.3, -0.25) is 4.55 Å². The summed E-state index contributed by atoms with van der Waals surface area (Å²) < 4.78 is 57.3. The summed E-state index contributed by atoms with van der Waals surface area (Å²) >= 11 is 0. The summed E-state index contributed by atoms with van der Waals surface area (Å²) in [5, 5.41) is 52.4. The third-order valence-electron chi connectivity index (χ3n) is 13.7. The standard InChI is InChI=1S/C34H54O13S/c1-15(2)16(3)27-29(45-27)34(6,40)23-8-7-19-18-14-22(47-48(41,42)43)21-13-17(9-11-32(21,4)20(18)10-12-33(19,23)5)44-31-26(37)24(35)25(36)28(46-31)30(38)39/h10,15-19,21-29,31,35-37,40H,7-9,11-14H2,1-6H3,(H,38,39)(H,41,42,43)/t16-,17?,18?,19?,21?,22-,23-,24-,25-,26+,27-,28-,29+,31+,32+,33-,34+/m0/s1. The molecular weight excluding hydrogens is 648 g/mol. The molecule has 6 N–H and O–H groups in total. The van der Waals surface area contributed by atoms with Crippen LogP contribution in [0.25, 0.3) is 0 Å².